The topological polar surface area (TPSA) is 140 Å². The molecule has 3 amide bonds. The standard InChI is InChI=1S/C23H38N8O3S/c1-5-31(17(2)32)23(21(25)22(34)29(4)16-24)35-27-19-8-6-18(7-9-19)26-20(33)10-11-30-14-12-28(3)13-15-30/h6-9,27H,5,10-16,24-25H2,1-4H3,(H,26,33)/b23-21+. The van der Waals surface area contributed by atoms with E-state index in [1.54, 1.807) is 31.2 Å². The third-order valence-electron chi connectivity index (χ3n) is 5.71. The van der Waals surface area contributed by atoms with Gasteiger partial charge in [0.25, 0.3) is 5.91 Å². The number of anilines is 2. The lowest BCUT2D eigenvalue weighted by Gasteiger charge is -2.32. The molecule has 0 bridgehead atoms. The summed E-state index contributed by atoms with van der Waals surface area (Å²) in [6.45, 7) is 8.32. The second-order valence-corrected chi connectivity index (χ2v) is 9.19. The van der Waals surface area contributed by atoms with Crippen molar-refractivity contribution < 1.29 is 14.4 Å². The number of nitrogens with zero attached hydrogens (tertiary/aromatic N) is 4. The lowest BCUT2D eigenvalue weighted by molar-refractivity contribution is -0.127. The molecule has 6 N–H and O–H groups in total. The van der Waals surface area contributed by atoms with Crippen LogP contribution in [0.1, 0.15) is 20.3 Å². The summed E-state index contributed by atoms with van der Waals surface area (Å²) in [5, 5.41) is 3.22. The van der Waals surface area contributed by atoms with Crippen molar-refractivity contribution >= 4 is 41.0 Å². The molecule has 0 radical (unpaired) electrons. The van der Waals surface area contributed by atoms with Gasteiger partial charge in [-0.3, -0.25) is 14.4 Å². The first kappa shape index (κ1) is 28.4. The number of benzene rings is 1. The summed E-state index contributed by atoms with van der Waals surface area (Å²) in [6, 6.07) is 7.18. The number of rotatable bonds is 11. The highest BCUT2D eigenvalue weighted by Crippen LogP contribution is 2.26. The van der Waals surface area contributed by atoms with E-state index in [2.05, 4.69) is 26.9 Å². The number of likely N-dealkylation sites (N-methyl/N-ethyl adjacent to an activating group) is 2. The van der Waals surface area contributed by atoms with Crippen LogP contribution in [0.3, 0.4) is 0 Å². The molecule has 35 heavy (non-hydrogen) atoms. The van der Waals surface area contributed by atoms with Gasteiger partial charge in [-0.15, -0.1) is 0 Å². The lowest BCUT2D eigenvalue weighted by Crippen LogP contribution is -2.45. The SMILES string of the molecule is CCN(C(C)=O)/C(SNc1ccc(NC(=O)CCN2CCN(C)CC2)cc1)=C(\N)C(=O)N(C)CN. The highest BCUT2D eigenvalue weighted by molar-refractivity contribution is 8.04. The predicted octanol–water partition coefficient (Wildman–Crippen LogP) is 0.694. The van der Waals surface area contributed by atoms with Crippen LogP contribution in [0.4, 0.5) is 11.4 Å². The molecule has 1 aliphatic rings. The summed E-state index contributed by atoms with van der Waals surface area (Å²) < 4.78 is 3.12. The Morgan fingerprint density at radius 1 is 1.09 bits per heavy atom. The third kappa shape index (κ3) is 8.73. The number of amides is 3. The minimum atomic E-state index is -0.467. The van der Waals surface area contributed by atoms with E-state index in [9.17, 15) is 14.4 Å². The van der Waals surface area contributed by atoms with E-state index in [0.717, 1.165) is 50.4 Å². The van der Waals surface area contributed by atoms with Gasteiger partial charge in [0.15, 0.2) is 0 Å². The Kier molecular flexibility index (Phi) is 11.3. The maximum atomic E-state index is 12.5. The van der Waals surface area contributed by atoms with Crippen molar-refractivity contribution in [1.82, 2.24) is 19.6 Å². The normalized spacial score (nSPS) is 15.2. The summed E-state index contributed by atoms with van der Waals surface area (Å²) in [5.74, 6) is -0.733. The zero-order valence-electron chi connectivity index (χ0n) is 21.0. The molecule has 11 nitrogen and oxygen atoms in total. The molecule has 194 valence electrons. The van der Waals surface area contributed by atoms with Crippen LogP contribution in [0.5, 0.6) is 0 Å². The summed E-state index contributed by atoms with van der Waals surface area (Å²) >= 11 is 1.07. The summed E-state index contributed by atoms with van der Waals surface area (Å²) in [4.78, 5) is 44.3. The molecule has 1 aliphatic heterocycles. The van der Waals surface area contributed by atoms with Gasteiger partial charge in [0.05, 0.1) is 6.67 Å². The Morgan fingerprint density at radius 3 is 2.23 bits per heavy atom. The van der Waals surface area contributed by atoms with E-state index in [-0.39, 0.29) is 24.2 Å². The molecule has 0 saturated carbocycles. The van der Waals surface area contributed by atoms with Gasteiger partial charge in [0.1, 0.15) is 10.7 Å². The van der Waals surface area contributed by atoms with Crippen molar-refractivity contribution in [3.05, 3.63) is 35.0 Å². The maximum absolute atomic E-state index is 12.5. The highest BCUT2D eigenvalue weighted by Gasteiger charge is 2.23. The van der Waals surface area contributed by atoms with Crippen molar-refractivity contribution in [2.45, 2.75) is 20.3 Å². The Morgan fingerprint density at radius 2 is 1.69 bits per heavy atom. The number of carbonyl (C=O) groups is 3. The van der Waals surface area contributed by atoms with Gasteiger partial charge in [0, 0.05) is 83.0 Å². The van der Waals surface area contributed by atoms with Crippen LogP contribution < -0.4 is 21.5 Å². The number of nitrogens with two attached hydrogens (primary N) is 2. The molecule has 0 aromatic heterocycles. The van der Waals surface area contributed by atoms with Gasteiger partial charge in [-0.05, 0) is 38.2 Å². The Bertz CT molecular complexity index is 901. The van der Waals surface area contributed by atoms with Gasteiger partial charge >= 0.3 is 0 Å². The molecular weight excluding hydrogens is 468 g/mol. The molecule has 1 aromatic rings. The fourth-order valence-electron chi connectivity index (χ4n) is 3.43. The van der Waals surface area contributed by atoms with Gasteiger partial charge in [-0.2, -0.15) is 0 Å². The minimum Gasteiger partial charge on any atom is -0.392 e. The number of hydrogen-bond acceptors (Lipinski definition) is 9. The predicted molar refractivity (Wildman–Crippen MR) is 141 cm³/mol. The number of piperazine rings is 1. The fraction of sp³-hybridized carbons (Fsp3) is 0.522. The molecule has 1 saturated heterocycles. The smallest absolute Gasteiger partial charge is 0.273 e. The van der Waals surface area contributed by atoms with Crippen LogP contribution in [-0.2, 0) is 14.4 Å². The molecule has 12 heteroatoms. The summed E-state index contributed by atoms with van der Waals surface area (Å²) in [6.07, 6.45) is 0.441. The van der Waals surface area contributed by atoms with Gasteiger partial charge < -0.3 is 41.1 Å². The van der Waals surface area contributed by atoms with E-state index in [0.29, 0.717) is 23.7 Å². The molecule has 0 spiro atoms. The number of hydrogen-bond donors (Lipinski definition) is 4. The molecule has 0 aliphatic carbocycles. The number of carbonyl (C=O) groups excluding carboxylic acids is 3. The monoisotopic (exact) mass is 506 g/mol. The molecule has 0 unspecified atom stereocenters. The first-order chi connectivity index (χ1) is 16.7. The van der Waals surface area contributed by atoms with Crippen LogP contribution in [0.15, 0.2) is 35.0 Å². The molecule has 2 rings (SSSR count). The Balaban J connectivity index is 1.97. The van der Waals surface area contributed by atoms with E-state index in [4.69, 9.17) is 11.5 Å². The molecule has 0 atom stereocenters. The van der Waals surface area contributed by atoms with E-state index in [1.807, 2.05) is 0 Å². The Labute approximate surface area is 212 Å². The van der Waals surface area contributed by atoms with Crippen LogP contribution >= 0.6 is 11.9 Å². The summed E-state index contributed by atoms with van der Waals surface area (Å²) in [7, 11) is 3.64. The molecule has 1 heterocycles. The van der Waals surface area contributed by atoms with Crippen LogP contribution in [0, 0.1) is 0 Å². The van der Waals surface area contributed by atoms with Gasteiger partial charge in [0.2, 0.25) is 11.8 Å². The van der Waals surface area contributed by atoms with E-state index >= 15 is 0 Å². The van der Waals surface area contributed by atoms with Gasteiger partial charge in [-0.25, -0.2) is 0 Å². The zero-order chi connectivity index (χ0) is 26.0. The van der Waals surface area contributed by atoms with Crippen LogP contribution in [-0.4, -0.2) is 97.4 Å². The molecule has 1 aromatic carbocycles. The molecule has 1 fully saturated rings. The third-order valence-corrected chi connectivity index (χ3v) is 6.68. The first-order valence-corrected chi connectivity index (χ1v) is 12.4. The number of nitrogens with one attached hydrogen (secondary N) is 2. The Hall–Kier alpha value is -2.80. The van der Waals surface area contributed by atoms with E-state index < -0.39 is 5.91 Å². The van der Waals surface area contributed by atoms with Crippen molar-refractivity contribution in [2.75, 3.05) is 70.1 Å². The second-order valence-electron chi connectivity index (χ2n) is 8.39. The highest BCUT2D eigenvalue weighted by atomic mass is 32.2. The summed E-state index contributed by atoms with van der Waals surface area (Å²) in [5.41, 5.74) is 13.0. The van der Waals surface area contributed by atoms with Crippen molar-refractivity contribution in [2.24, 2.45) is 11.5 Å². The second kappa shape index (κ2) is 13.9. The maximum Gasteiger partial charge on any atom is 0.273 e. The van der Waals surface area contributed by atoms with Crippen molar-refractivity contribution in [3.63, 3.8) is 0 Å². The average Bonchev–Trinajstić information content (AvgIpc) is 2.85. The molecular formula is C23H38N8O3S. The zero-order valence-corrected chi connectivity index (χ0v) is 21.9. The van der Waals surface area contributed by atoms with Crippen molar-refractivity contribution in [1.29, 1.82) is 0 Å². The largest absolute Gasteiger partial charge is 0.392 e. The van der Waals surface area contributed by atoms with E-state index in [1.165, 1.54) is 23.8 Å². The van der Waals surface area contributed by atoms with Gasteiger partial charge in [-0.1, -0.05) is 0 Å². The average molecular weight is 507 g/mol. The quantitative estimate of drug-likeness (QED) is 0.194. The fourth-order valence-corrected chi connectivity index (χ4v) is 4.34. The van der Waals surface area contributed by atoms with Crippen molar-refractivity contribution in [3.8, 4) is 0 Å². The lowest BCUT2D eigenvalue weighted by atomic mass is 10.2. The van der Waals surface area contributed by atoms with Crippen LogP contribution in [0.25, 0.3) is 0 Å². The first-order valence-electron chi connectivity index (χ1n) is 11.6. The van der Waals surface area contributed by atoms with Crippen LogP contribution in [0.2, 0.25) is 0 Å². The minimum absolute atomic E-state index is 0.000335.